The van der Waals surface area contributed by atoms with Crippen molar-refractivity contribution in [2.45, 2.75) is 6.18 Å². The molecule has 0 unspecified atom stereocenters. The second kappa shape index (κ2) is 6.44. The number of amides is 2. The predicted octanol–water partition coefficient (Wildman–Crippen LogP) is 3.66. The zero-order chi connectivity index (χ0) is 16.3. The Balaban J connectivity index is 2.03. The number of aromatic nitrogens is 1. The van der Waals surface area contributed by atoms with E-state index in [4.69, 9.17) is 0 Å². The van der Waals surface area contributed by atoms with Gasteiger partial charge in [0.15, 0.2) is 5.13 Å². The number of hydrogen-bond acceptors (Lipinski definition) is 4. The molecule has 0 aliphatic rings. The van der Waals surface area contributed by atoms with E-state index < -0.39 is 18.0 Å². The Hall–Kier alpha value is -1.94. The Kier molecular flexibility index (Phi) is 4.81. The van der Waals surface area contributed by atoms with Crippen LogP contribution in [0.2, 0.25) is 0 Å². The van der Waals surface area contributed by atoms with E-state index in [0.29, 0.717) is 17.0 Å². The Bertz CT molecular complexity index is 700. The van der Waals surface area contributed by atoms with Gasteiger partial charge in [-0.05, 0) is 24.3 Å². The van der Waals surface area contributed by atoms with Crippen LogP contribution in [0.3, 0.4) is 0 Å². The van der Waals surface area contributed by atoms with E-state index in [-0.39, 0.29) is 10.0 Å². The Morgan fingerprint density at radius 3 is 2.36 bits per heavy atom. The van der Waals surface area contributed by atoms with Crippen LogP contribution in [0.25, 0.3) is 0 Å². The molecule has 0 radical (unpaired) electrons. The van der Waals surface area contributed by atoms with E-state index in [1.165, 1.54) is 0 Å². The number of alkyl halides is 3. The van der Waals surface area contributed by atoms with Crippen molar-refractivity contribution in [3.63, 3.8) is 0 Å². The number of anilines is 2. The molecule has 1 heterocycles. The standard InChI is InChI=1S/C12H7BrF3N3O2S/c13-6-1-3-7(4-2-6)18-9(20)8-5-17-11(22-8)19-10(21)12(14,15)16/h1-5H,(H,18,20)(H,17,19,21). The van der Waals surface area contributed by atoms with Crippen LogP contribution in [0.15, 0.2) is 34.9 Å². The van der Waals surface area contributed by atoms with Crippen LogP contribution in [-0.4, -0.2) is 23.0 Å². The third-order valence-corrected chi connectivity index (χ3v) is 3.75. The summed E-state index contributed by atoms with van der Waals surface area (Å²) >= 11 is 3.89. The smallest absolute Gasteiger partial charge is 0.321 e. The number of nitrogens with one attached hydrogen (secondary N) is 2. The first-order valence-electron chi connectivity index (χ1n) is 5.66. The van der Waals surface area contributed by atoms with Crippen LogP contribution >= 0.6 is 27.3 Å². The van der Waals surface area contributed by atoms with Crippen LogP contribution in [0, 0.1) is 0 Å². The lowest BCUT2D eigenvalue weighted by atomic mass is 10.3. The van der Waals surface area contributed by atoms with Crippen LogP contribution in [0.5, 0.6) is 0 Å². The zero-order valence-electron chi connectivity index (χ0n) is 10.6. The first-order chi connectivity index (χ1) is 10.3. The lowest BCUT2D eigenvalue weighted by Gasteiger charge is -2.04. The highest BCUT2D eigenvalue weighted by atomic mass is 79.9. The number of hydrogen-bond donors (Lipinski definition) is 2. The summed E-state index contributed by atoms with van der Waals surface area (Å²) in [4.78, 5) is 26.3. The molecule has 2 amide bonds. The second-order valence-corrected chi connectivity index (χ2v) is 5.89. The molecule has 22 heavy (non-hydrogen) atoms. The van der Waals surface area contributed by atoms with Crippen molar-refractivity contribution in [3.8, 4) is 0 Å². The molecule has 0 bridgehead atoms. The zero-order valence-corrected chi connectivity index (χ0v) is 13.0. The summed E-state index contributed by atoms with van der Waals surface area (Å²) in [5.74, 6) is -2.67. The maximum atomic E-state index is 12.1. The number of thiazole rings is 1. The van der Waals surface area contributed by atoms with Gasteiger partial charge in [-0.3, -0.25) is 14.9 Å². The molecule has 2 rings (SSSR count). The number of halogens is 4. The predicted molar refractivity (Wildman–Crippen MR) is 78.9 cm³/mol. The van der Waals surface area contributed by atoms with Crippen molar-refractivity contribution >= 4 is 49.9 Å². The third-order valence-electron chi connectivity index (χ3n) is 2.31. The van der Waals surface area contributed by atoms with Gasteiger partial charge in [0, 0.05) is 10.2 Å². The average molecular weight is 394 g/mol. The van der Waals surface area contributed by atoms with Gasteiger partial charge in [0.05, 0.1) is 6.20 Å². The van der Waals surface area contributed by atoms with Gasteiger partial charge >= 0.3 is 12.1 Å². The second-order valence-electron chi connectivity index (χ2n) is 3.94. The molecule has 0 aliphatic carbocycles. The molecule has 0 saturated carbocycles. The topological polar surface area (TPSA) is 71.1 Å². The Morgan fingerprint density at radius 2 is 1.77 bits per heavy atom. The molecule has 1 aromatic carbocycles. The molecule has 10 heteroatoms. The highest BCUT2D eigenvalue weighted by Crippen LogP contribution is 2.23. The molecule has 1 aromatic heterocycles. The number of carbonyl (C=O) groups excluding carboxylic acids is 2. The Labute approximate surface area is 134 Å². The average Bonchev–Trinajstić information content (AvgIpc) is 2.89. The largest absolute Gasteiger partial charge is 0.471 e. The van der Waals surface area contributed by atoms with Crippen LogP contribution < -0.4 is 10.6 Å². The monoisotopic (exact) mass is 393 g/mol. The number of carbonyl (C=O) groups is 2. The fraction of sp³-hybridized carbons (Fsp3) is 0.0833. The van der Waals surface area contributed by atoms with Gasteiger partial charge in [0.1, 0.15) is 4.88 Å². The summed E-state index contributed by atoms with van der Waals surface area (Å²) in [6, 6.07) is 6.74. The molecule has 116 valence electrons. The van der Waals surface area contributed by atoms with E-state index in [2.05, 4.69) is 26.2 Å². The highest BCUT2D eigenvalue weighted by Gasteiger charge is 2.39. The molecular weight excluding hydrogens is 387 g/mol. The van der Waals surface area contributed by atoms with Crippen molar-refractivity contribution in [1.29, 1.82) is 0 Å². The normalized spacial score (nSPS) is 11.1. The van der Waals surface area contributed by atoms with Crippen LogP contribution in [0.4, 0.5) is 24.0 Å². The third kappa shape index (κ3) is 4.28. The lowest BCUT2D eigenvalue weighted by Crippen LogP contribution is -2.29. The molecule has 2 N–H and O–H groups in total. The quantitative estimate of drug-likeness (QED) is 0.835. The molecular formula is C12H7BrF3N3O2S. The summed E-state index contributed by atoms with van der Waals surface area (Å²) in [5, 5.41) is 3.84. The molecule has 0 saturated heterocycles. The summed E-state index contributed by atoms with van der Waals surface area (Å²) in [6.45, 7) is 0. The number of benzene rings is 1. The van der Waals surface area contributed by atoms with Gasteiger partial charge in [-0.15, -0.1) is 0 Å². The van der Waals surface area contributed by atoms with Crippen molar-refractivity contribution < 1.29 is 22.8 Å². The minimum atomic E-state index is -5.01. The molecule has 0 fully saturated rings. The fourth-order valence-corrected chi connectivity index (χ4v) is 2.30. The van der Waals surface area contributed by atoms with Gasteiger partial charge in [-0.2, -0.15) is 13.2 Å². The maximum Gasteiger partial charge on any atom is 0.471 e. The van der Waals surface area contributed by atoms with E-state index >= 15 is 0 Å². The summed E-state index contributed by atoms with van der Waals surface area (Å²) in [5.41, 5.74) is 0.516. The molecule has 0 atom stereocenters. The Morgan fingerprint density at radius 1 is 1.14 bits per heavy atom. The first-order valence-corrected chi connectivity index (χ1v) is 7.27. The van der Waals surface area contributed by atoms with Gasteiger partial charge in [0.25, 0.3) is 5.91 Å². The van der Waals surface area contributed by atoms with E-state index in [9.17, 15) is 22.8 Å². The van der Waals surface area contributed by atoms with Gasteiger partial charge < -0.3 is 5.32 Å². The molecule has 0 aliphatic heterocycles. The maximum absolute atomic E-state index is 12.1. The number of rotatable bonds is 3. The van der Waals surface area contributed by atoms with Crippen molar-refractivity contribution in [1.82, 2.24) is 4.98 Å². The minimum Gasteiger partial charge on any atom is -0.321 e. The van der Waals surface area contributed by atoms with Gasteiger partial charge in [-0.1, -0.05) is 27.3 Å². The SMILES string of the molecule is O=C(Nc1ccc(Br)cc1)c1cnc(NC(=O)C(F)(F)F)s1. The van der Waals surface area contributed by atoms with E-state index in [0.717, 1.165) is 10.7 Å². The molecule has 2 aromatic rings. The van der Waals surface area contributed by atoms with E-state index in [1.807, 2.05) is 0 Å². The fourth-order valence-electron chi connectivity index (χ4n) is 1.33. The van der Waals surface area contributed by atoms with Crippen molar-refractivity contribution in [2.75, 3.05) is 10.6 Å². The number of nitrogens with zero attached hydrogens (tertiary/aromatic N) is 1. The van der Waals surface area contributed by atoms with Crippen LogP contribution in [-0.2, 0) is 4.79 Å². The summed E-state index contributed by atoms with van der Waals surface area (Å²) in [7, 11) is 0. The highest BCUT2D eigenvalue weighted by molar-refractivity contribution is 9.10. The summed E-state index contributed by atoms with van der Waals surface area (Å²) < 4.78 is 37.1. The van der Waals surface area contributed by atoms with Crippen molar-refractivity contribution in [2.24, 2.45) is 0 Å². The molecule has 5 nitrogen and oxygen atoms in total. The van der Waals surface area contributed by atoms with Gasteiger partial charge in [0.2, 0.25) is 0 Å². The minimum absolute atomic E-state index is 0.0698. The summed E-state index contributed by atoms with van der Waals surface area (Å²) in [6.07, 6.45) is -3.92. The van der Waals surface area contributed by atoms with Gasteiger partial charge in [-0.25, -0.2) is 4.98 Å². The lowest BCUT2D eigenvalue weighted by molar-refractivity contribution is -0.167. The molecule has 0 spiro atoms. The van der Waals surface area contributed by atoms with Crippen molar-refractivity contribution in [3.05, 3.63) is 39.8 Å². The van der Waals surface area contributed by atoms with E-state index in [1.54, 1.807) is 29.6 Å². The van der Waals surface area contributed by atoms with Crippen LogP contribution in [0.1, 0.15) is 9.67 Å². The first kappa shape index (κ1) is 16.4.